The molecule has 0 aliphatic heterocycles. The van der Waals surface area contributed by atoms with Crippen molar-refractivity contribution in [1.29, 1.82) is 0 Å². The van der Waals surface area contributed by atoms with Crippen LogP contribution in [0.5, 0.6) is 0 Å². The Morgan fingerprint density at radius 3 is 2.27 bits per heavy atom. The Bertz CT molecular complexity index is 2170. The molecule has 4 aromatic heterocycles. The summed E-state index contributed by atoms with van der Waals surface area (Å²) in [7, 11) is 0. The van der Waals surface area contributed by atoms with Crippen molar-refractivity contribution in [3.05, 3.63) is 140 Å². The minimum Gasteiger partial charge on any atom is -0.305 e. The molecule has 0 unspecified atom stereocenters. The van der Waals surface area contributed by atoms with Crippen molar-refractivity contribution < 1.29 is 24.5 Å². The van der Waals surface area contributed by atoms with Crippen LogP contribution in [0.2, 0.25) is 17.3 Å². The number of hydrogen-bond donors (Lipinski definition) is 0. The molecule has 0 atom stereocenters. The molecule has 0 aliphatic carbocycles. The summed E-state index contributed by atoms with van der Waals surface area (Å²) in [5, 5.41) is 2.22. The van der Waals surface area contributed by atoms with Crippen LogP contribution in [0.15, 0.2) is 132 Å². The second-order valence-corrected chi connectivity index (χ2v) is 22.3. The Morgan fingerprint density at radius 1 is 0.711 bits per heavy atom. The number of aromatic nitrogens is 4. The zero-order chi connectivity index (χ0) is 30.1. The molecule has 1 radical (unpaired) electrons. The average Bonchev–Trinajstić information content (AvgIpc) is 3.64. The first kappa shape index (κ1) is 30.7. The van der Waals surface area contributed by atoms with E-state index in [4.69, 9.17) is 9.40 Å². The van der Waals surface area contributed by atoms with Crippen LogP contribution in [0.25, 0.3) is 61.4 Å². The number of benzene rings is 4. The molecule has 0 aliphatic rings. The molecule has 0 fully saturated rings. The smallest absolute Gasteiger partial charge is 0.0160 e. The summed E-state index contributed by atoms with van der Waals surface area (Å²) < 4.78 is 10.1. The van der Waals surface area contributed by atoms with E-state index < -0.39 is 13.3 Å². The van der Waals surface area contributed by atoms with E-state index in [1.807, 2.05) is 78.9 Å². The molecule has 223 valence electrons. The Hall–Kier alpha value is -4.36. The van der Waals surface area contributed by atoms with E-state index >= 15 is 0 Å². The number of rotatable bonds is 4. The largest absolute Gasteiger partial charge is 0.305 e. The molecule has 4 heterocycles. The fourth-order valence-electron chi connectivity index (χ4n) is 5.37. The van der Waals surface area contributed by atoms with Crippen LogP contribution in [0.3, 0.4) is 0 Å². The zero-order valence-electron chi connectivity index (χ0n) is 25.2. The average molecular weight is 824 g/mol. The molecule has 45 heavy (non-hydrogen) atoms. The first-order chi connectivity index (χ1) is 21.5. The van der Waals surface area contributed by atoms with Gasteiger partial charge in [-0.15, -0.1) is 35.9 Å². The van der Waals surface area contributed by atoms with Crippen LogP contribution >= 0.6 is 0 Å². The van der Waals surface area contributed by atoms with E-state index in [2.05, 4.69) is 80.3 Å². The summed E-state index contributed by atoms with van der Waals surface area (Å²) in [6, 6.07) is 45.2. The third-order valence-electron chi connectivity index (χ3n) is 7.62. The molecule has 0 spiro atoms. The van der Waals surface area contributed by atoms with Gasteiger partial charge >= 0.3 is 189 Å². The van der Waals surface area contributed by atoms with Crippen LogP contribution in [0.4, 0.5) is 0 Å². The second-order valence-electron chi connectivity index (χ2n) is 11.6. The SMILES string of the molecule is [CH3][Ge]([CH3])([CH3])[c]1ccc2c(c1)oc1c(-c3nc4ncccc4n3-c3ccccc3)[c-]ccc12.[Ir].[c-]1ccccc1-c1ccccn1. The van der Waals surface area contributed by atoms with Gasteiger partial charge in [-0.3, -0.25) is 0 Å². The van der Waals surface area contributed by atoms with Gasteiger partial charge in [0, 0.05) is 26.3 Å². The third-order valence-corrected chi connectivity index (χ3v) is 11.9. The van der Waals surface area contributed by atoms with E-state index in [0.29, 0.717) is 5.65 Å². The summed E-state index contributed by atoms with van der Waals surface area (Å²) in [4.78, 5) is 13.6. The van der Waals surface area contributed by atoms with Crippen LogP contribution < -0.4 is 4.40 Å². The molecule has 0 saturated heterocycles. The van der Waals surface area contributed by atoms with E-state index in [-0.39, 0.29) is 20.1 Å². The maximum atomic E-state index is 6.49. The summed E-state index contributed by atoms with van der Waals surface area (Å²) >= 11 is -1.97. The van der Waals surface area contributed by atoms with E-state index in [0.717, 1.165) is 55.8 Å². The normalized spacial score (nSPS) is 11.3. The molecule has 0 amide bonds. The number of imidazole rings is 1. The van der Waals surface area contributed by atoms with Gasteiger partial charge in [0.05, 0.1) is 0 Å². The van der Waals surface area contributed by atoms with Gasteiger partial charge in [-0.2, -0.15) is 0 Å². The van der Waals surface area contributed by atoms with Crippen molar-refractivity contribution in [2.24, 2.45) is 0 Å². The van der Waals surface area contributed by atoms with E-state index in [9.17, 15) is 0 Å². The maximum absolute atomic E-state index is 6.49. The van der Waals surface area contributed by atoms with Crippen LogP contribution in [0, 0.1) is 12.1 Å². The van der Waals surface area contributed by atoms with E-state index in [1.54, 1.807) is 12.4 Å². The molecule has 4 aromatic carbocycles. The minimum absolute atomic E-state index is 0. The number of para-hydroxylation sites is 1. The zero-order valence-corrected chi connectivity index (χ0v) is 29.6. The Balaban J connectivity index is 0.000000231. The molecule has 0 bridgehead atoms. The van der Waals surface area contributed by atoms with Crippen LogP contribution in [0.1, 0.15) is 0 Å². The number of pyridine rings is 2. The minimum atomic E-state index is -1.97. The molecule has 8 rings (SSSR count). The summed E-state index contributed by atoms with van der Waals surface area (Å²) in [5.41, 5.74) is 7.29. The molecule has 7 heteroatoms. The van der Waals surface area contributed by atoms with Gasteiger partial charge in [0.1, 0.15) is 0 Å². The summed E-state index contributed by atoms with van der Waals surface area (Å²) in [6.45, 7) is 0. The van der Waals surface area contributed by atoms with Crippen molar-refractivity contribution in [2.45, 2.75) is 17.3 Å². The predicted molar refractivity (Wildman–Crippen MR) is 182 cm³/mol. The molecular weight excluding hydrogens is 793 g/mol. The van der Waals surface area contributed by atoms with Gasteiger partial charge in [-0.25, -0.2) is 0 Å². The quantitative estimate of drug-likeness (QED) is 0.132. The van der Waals surface area contributed by atoms with Gasteiger partial charge in [-0.1, -0.05) is 12.1 Å². The van der Waals surface area contributed by atoms with Crippen molar-refractivity contribution in [2.75, 3.05) is 0 Å². The number of nitrogens with zero attached hydrogens (tertiary/aromatic N) is 4. The fourth-order valence-corrected chi connectivity index (χ4v) is 7.78. The molecule has 0 saturated carbocycles. The fraction of sp³-hybridized carbons (Fsp3) is 0.0789. The maximum Gasteiger partial charge on any atom is 0.0160 e. The van der Waals surface area contributed by atoms with Crippen molar-refractivity contribution in [1.82, 2.24) is 19.5 Å². The van der Waals surface area contributed by atoms with E-state index in [1.165, 1.54) is 4.40 Å². The molecular formula is C38H30GeIrN4O-2. The Kier molecular flexibility index (Phi) is 8.81. The van der Waals surface area contributed by atoms with Gasteiger partial charge < -0.3 is 4.98 Å². The first-order valence-corrected chi connectivity index (χ1v) is 22.0. The second kappa shape index (κ2) is 12.9. The summed E-state index contributed by atoms with van der Waals surface area (Å²) in [6.07, 6.45) is 3.56. The molecule has 0 N–H and O–H groups in total. The van der Waals surface area contributed by atoms with Gasteiger partial charge in [-0.05, 0) is 11.8 Å². The number of furan rings is 1. The van der Waals surface area contributed by atoms with Gasteiger partial charge in [0.15, 0.2) is 0 Å². The third kappa shape index (κ3) is 6.14. The Labute approximate surface area is 278 Å². The molecule has 8 aromatic rings. The topological polar surface area (TPSA) is 56.7 Å². The number of hydrogen-bond acceptors (Lipinski definition) is 4. The van der Waals surface area contributed by atoms with Crippen molar-refractivity contribution in [3.8, 4) is 28.3 Å². The first-order valence-electron chi connectivity index (χ1n) is 14.6. The summed E-state index contributed by atoms with van der Waals surface area (Å²) in [5.74, 6) is 7.98. The van der Waals surface area contributed by atoms with Crippen LogP contribution in [-0.2, 0) is 20.1 Å². The van der Waals surface area contributed by atoms with Gasteiger partial charge in [0.2, 0.25) is 0 Å². The standard InChI is InChI=1S/C27H22GeN3O.C11H8N.Ir/c1-28(2,3)18-14-15-20-21-11-7-12-22(25(21)32-24(20)17-18)27-30-26-23(13-8-16-29-26)31(27)19-9-5-4-6-10-19;1-2-6-10(7-3-1)11-8-4-5-9-12-11;/h4-11,13-17H,1-3H3;1-6,8-9H;/q2*-1;. The predicted octanol–water partition coefficient (Wildman–Crippen LogP) is 8.88. The monoisotopic (exact) mass is 825 g/mol. The van der Waals surface area contributed by atoms with Gasteiger partial charge in [0.25, 0.3) is 0 Å². The Morgan fingerprint density at radius 2 is 1.51 bits per heavy atom. The number of fused-ring (bicyclic) bond motifs is 4. The van der Waals surface area contributed by atoms with Crippen molar-refractivity contribution in [3.63, 3.8) is 0 Å². The van der Waals surface area contributed by atoms with Crippen LogP contribution in [-0.4, -0.2) is 32.8 Å². The van der Waals surface area contributed by atoms with Crippen molar-refractivity contribution >= 4 is 50.8 Å². The molecule has 5 nitrogen and oxygen atoms in total.